The maximum Gasteiger partial charge on any atom is 0.237 e. The van der Waals surface area contributed by atoms with E-state index in [0.717, 1.165) is 22.8 Å². The molecule has 0 radical (unpaired) electrons. The molecule has 0 saturated carbocycles. The fourth-order valence-electron chi connectivity index (χ4n) is 2.02. The Bertz CT molecular complexity index is 706. The van der Waals surface area contributed by atoms with Crippen LogP contribution < -0.4 is 10.1 Å². The van der Waals surface area contributed by atoms with Gasteiger partial charge in [-0.05, 0) is 55.8 Å². The van der Waals surface area contributed by atoms with E-state index < -0.39 is 0 Å². The van der Waals surface area contributed by atoms with Crippen molar-refractivity contribution in [2.24, 2.45) is 0 Å². The van der Waals surface area contributed by atoms with Crippen molar-refractivity contribution in [1.29, 1.82) is 5.26 Å². The Labute approximate surface area is 146 Å². The summed E-state index contributed by atoms with van der Waals surface area (Å²) >= 11 is 1.56. The molecule has 124 valence electrons. The average molecular weight is 340 g/mol. The number of carbonyl (C=O) groups excluding carboxylic acids is 1. The fourth-order valence-corrected chi connectivity index (χ4v) is 2.86. The molecule has 0 fully saturated rings. The zero-order valence-electron chi connectivity index (χ0n) is 13.8. The number of ether oxygens (including phenoxy) is 1. The van der Waals surface area contributed by atoms with Crippen LogP contribution in [0, 0.1) is 11.3 Å². The molecule has 0 bridgehead atoms. The molecule has 0 saturated heterocycles. The summed E-state index contributed by atoms with van der Waals surface area (Å²) in [6.07, 6.45) is 0. The number of carbonyl (C=O) groups is 1. The molecule has 0 aliphatic heterocycles. The summed E-state index contributed by atoms with van der Waals surface area (Å²) in [6.45, 7) is 4.44. The molecule has 2 aromatic rings. The lowest BCUT2D eigenvalue weighted by molar-refractivity contribution is -0.115. The quantitative estimate of drug-likeness (QED) is 0.820. The summed E-state index contributed by atoms with van der Waals surface area (Å²) in [5.74, 6) is 1.49. The number of nitrogens with one attached hydrogen (secondary N) is 1. The van der Waals surface area contributed by atoms with Crippen molar-refractivity contribution in [3.63, 3.8) is 0 Å². The van der Waals surface area contributed by atoms with Crippen molar-refractivity contribution in [1.82, 2.24) is 0 Å². The number of hydrogen-bond donors (Lipinski definition) is 1. The van der Waals surface area contributed by atoms with Crippen LogP contribution >= 0.6 is 11.8 Å². The van der Waals surface area contributed by atoms with Crippen LogP contribution in [-0.2, 0) is 10.5 Å². The highest BCUT2D eigenvalue weighted by molar-refractivity contribution is 7.99. The highest BCUT2D eigenvalue weighted by Crippen LogP contribution is 2.21. The first-order valence-electron chi connectivity index (χ1n) is 7.76. The molecule has 2 aromatic carbocycles. The number of benzene rings is 2. The summed E-state index contributed by atoms with van der Waals surface area (Å²) in [7, 11) is 0. The number of thioether (sulfide) groups is 1. The zero-order valence-corrected chi connectivity index (χ0v) is 14.6. The van der Waals surface area contributed by atoms with E-state index in [2.05, 4.69) is 11.4 Å². The van der Waals surface area contributed by atoms with Crippen LogP contribution in [0.3, 0.4) is 0 Å². The number of hydrogen-bond acceptors (Lipinski definition) is 4. The van der Waals surface area contributed by atoms with Gasteiger partial charge in [0.2, 0.25) is 5.91 Å². The molecule has 24 heavy (non-hydrogen) atoms. The van der Waals surface area contributed by atoms with E-state index >= 15 is 0 Å². The third-order valence-electron chi connectivity index (χ3n) is 3.39. The minimum absolute atomic E-state index is 0.0298. The average Bonchev–Trinajstić information content (AvgIpc) is 2.62. The smallest absolute Gasteiger partial charge is 0.237 e. The first-order chi connectivity index (χ1) is 11.6. The standard InChI is InChI=1S/C19H20N2O2S/c1-3-23-18-10-8-17(9-11-18)21-19(22)14(2)24-13-16-6-4-15(12-20)5-7-16/h4-11,14H,3,13H2,1-2H3,(H,21,22). The van der Waals surface area contributed by atoms with Gasteiger partial charge >= 0.3 is 0 Å². The van der Waals surface area contributed by atoms with Crippen LogP contribution in [0.4, 0.5) is 5.69 Å². The maximum absolute atomic E-state index is 12.2. The Hall–Kier alpha value is -2.45. The van der Waals surface area contributed by atoms with Gasteiger partial charge in [0, 0.05) is 11.4 Å². The van der Waals surface area contributed by atoms with Crippen LogP contribution in [-0.4, -0.2) is 17.8 Å². The van der Waals surface area contributed by atoms with Gasteiger partial charge in [-0.15, -0.1) is 11.8 Å². The summed E-state index contributed by atoms with van der Waals surface area (Å²) in [5, 5.41) is 11.5. The minimum Gasteiger partial charge on any atom is -0.494 e. The molecule has 0 spiro atoms. The predicted octanol–water partition coefficient (Wildman–Crippen LogP) is 4.22. The molecular formula is C19H20N2O2S. The maximum atomic E-state index is 12.2. The van der Waals surface area contributed by atoms with Crippen LogP contribution in [0.1, 0.15) is 25.0 Å². The molecule has 0 aliphatic rings. The molecular weight excluding hydrogens is 320 g/mol. The van der Waals surface area contributed by atoms with Crippen molar-refractivity contribution < 1.29 is 9.53 Å². The minimum atomic E-state index is -0.174. The first kappa shape index (κ1) is 17.9. The summed E-state index contributed by atoms with van der Waals surface area (Å²) in [6, 6.07) is 16.9. The molecule has 0 aromatic heterocycles. The third-order valence-corrected chi connectivity index (χ3v) is 4.60. The monoisotopic (exact) mass is 340 g/mol. The second kappa shape index (κ2) is 8.99. The van der Waals surface area contributed by atoms with Gasteiger partial charge in [-0.1, -0.05) is 12.1 Å². The molecule has 2 rings (SSSR count). The summed E-state index contributed by atoms with van der Waals surface area (Å²) in [4.78, 5) is 12.2. The second-order valence-electron chi connectivity index (χ2n) is 5.21. The Morgan fingerprint density at radius 3 is 2.46 bits per heavy atom. The van der Waals surface area contributed by atoms with Gasteiger partial charge in [-0.2, -0.15) is 5.26 Å². The molecule has 1 N–H and O–H groups in total. The van der Waals surface area contributed by atoms with Crippen LogP contribution in [0.25, 0.3) is 0 Å². The summed E-state index contributed by atoms with van der Waals surface area (Å²) < 4.78 is 5.38. The van der Waals surface area contributed by atoms with E-state index in [1.54, 1.807) is 23.9 Å². The zero-order chi connectivity index (χ0) is 17.4. The number of rotatable bonds is 7. The van der Waals surface area contributed by atoms with E-state index in [1.165, 1.54) is 0 Å². The van der Waals surface area contributed by atoms with Gasteiger partial charge in [0.25, 0.3) is 0 Å². The predicted molar refractivity (Wildman–Crippen MR) is 98.2 cm³/mol. The first-order valence-corrected chi connectivity index (χ1v) is 8.81. The van der Waals surface area contributed by atoms with Gasteiger partial charge in [0.1, 0.15) is 5.75 Å². The Morgan fingerprint density at radius 2 is 1.88 bits per heavy atom. The van der Waals surface area contributed by atoms with Gasteiger partial charge in [-0.3, -0.25) is 4.79 Å². The normalized spacial score (nSPS) is 11.4. The lowest BCUT2D eigenvalue weighted by atomic mass is 10.2. The van der Waals surface area contributed by atoms with Crippen LogP contribution in [0.5, 0.6) is 5.75 Å². The molecule has 0 aliphatic carbocycles. The van der Waals surface area contributed by atoms with Gasteiger partial charge in [0.15, 0.2) is 0 Å². The van der Waals surface area contributed by atoms with E-state index in [9.17, 15) is 4.79 Å². The molecule has 1 amide bonds. The number of nitriles is 1. The fraction of sp³-hybridized carbons (Fsp3) is 0.263. The lowest BCUT2D eigenvalue weighted by Gasteiger charge is -2.12. The van der Waals surface area contributed by atoms with Crippen molar-refractivity contribution in [3.05, 3.63) is 59.7 Å². The molecule has 4 nitrogen and oxygen atoms in total. The third kappa shape index (κ3) is 5.32. The van der Waals surface area contributed by atoms with Crippen molar-refractivity contribution in [2.45, 2.75) is 24.9 Å². The topological polar surface area (TPSA) is 62.1 Å². The Kier molecular flexibility index (Phi) is 6.71. The van der Waals surface area contributed by atoms with Crippen molar-refractivity contribution in [3.8, 4) is 11.8 Å². The largest absolute Gasteiger partial charge is 0.494 e. The number of amides is 1. The van der Waals surface area contributed by atoms with E-state index in [4.69, 9.17) is 10.00 Å². The summed E-state index contributed by atoms with van der Waals surface area (Å²) in [5.41, 5.74) is 2.50. The number of anilines is 1. The highest BCUT2D eigenvalue weighted by Gasteiger charge is 2.13. The Balaban J connectivity index is 1.83. The number of nitrogens with zero attached hydrogens (tertiary/aromatic N) is 1. The van der Waals surface area contributed by atoms with Gasteiger partial charge < -0.3 is 10.1 Å². The molecule has 1 unspecified atom stereocenters. The molecule has 0 heterocycles. The van der Waals surface area contributed by atoms with E-state index in [-0.39, 0.29) is 11.2 Å². The molecule has 5 heteroatoms. The van der Waals surface area contributed by atoms with Crippen LogP contribution in [0.15, 0.2) is 48.5 Å². The SMILES string of the molecule is CCOc1ccc(NC(=O)C(C)SCc2ccc(C#N)cc2)cc1. The highest BCUT2D eigenvalue weighted by atomic mass is 32.2. The van der Waals surface area contributed by atoms with Crippen molar-refractivity contribution in [2.75, 3.05) is 11.9 Å². The van der Waals surface area contributed by atoms with Gasteiger partial charge in [0.05, 0.1) is 23.5 Å². The molecule has 1 atom stereocenters. The second-order valence-corrected chi connectivity index (χ2v) is 6.54. The van der Waals surface area contributed by atoms with Gasteiger partial charge in [-0.25, -0.2) is 0 Å². The van der Waals surface area contributed by atoms with E-state index in [0.29, 0.717) is 12.2 Å². The van der Waals surface area contributed by atoms with Crippen molar-refractivity contribution >= 4 is 23.4 Å². The van der Waals surface area contributed by atoms with Crippen LogP contribution in [0.2, 0.25) is 0 Å². The van der Waals surface area contributed by atoms with E-state index in [1.807, 2.05) is 50.2 Å². The lowest BCUT2D eigenvalue weighted by Crippen LogP contribution is -2.22. The Morgan fingerprint density at radius 1 is 1.21 bits per heavy atom.